The first-order chi connectivity index (χ1) is 5.87. The smallest absolute Gasteiger partial charge is 0.242 e. The van der Waals surface area contributed by atoms with Crippen LogP contribution in [0.3, 0.4) is 0 Å². The predicted molar refractivity (Wildman–Crippen MR) is 70.8 cm³/mol. The van der Waals surface area contributed by atoms with E-state index in [4.69, 9.17) is 4.43 Å². The molecule has 13 heavy (non-hydrogen) atoms. The van der Waals surface area contributed by atoms with Crippen molar-refractivity contribution >= 4 is 46.8 Å². The summed E-state index contributed by atoms with van der Waals surface area (Å²) in [6.07, 6.45) is 0. The van der Waals surface area contributed by atoms with Gasteiger partial charge in [0.1, 0.15) is 5.75 Å². The summed E-state index contributed by atoms with van der Waals surface area (Å²) in [7, 11) is -1.47. The van der Waals surface area contributed by atoms with Gasteiger partial charge in [-0.05, 0) is 60.4 Å². The molecule has 1 aromatic rings. The van der Waals surface area contributed by atoms with Crippen molar-refractivity contribution < 1.29 is 4.43 Å². The van der Waals surface area contributed by atoms with Crippen molar-refractivity contribution in [2.75, 3.05) is 0 Å². The zero-order valence-electron chi connectivity index (χ0n) is 7.90. The lowest BCUT2D eigenvalue weighted by Gasteiger charge is -2.19. The molecule has 1 aromatic carbocycles. The fraction of sp³-hybridized carbons (Fsp3) is 0.333. The number of hydrogen-bond acceptors (Lipinski definition) is 1. The molecule has 4 heteroatoms. The molecule has 0 radical (unpaired) electrons. The maximum Gasteiger partial charge on any atom is 0.242 e. The largest absolute Gasteiger partial charge is 0.544 e. The second-order valence-corrected chi connectivity index (χ2v) is 10.4. The van der Waals surface area contributed by atoms with Crippen LogP contribution in [0.2, 0.25) is 19.6 Å². The van der Waals surface area contributed by atoms with E-state index < -0.39 is 8.32 Å². The Hall–Kier alpha value is 0.447. The van der Waals surface area contributed by atoms with Crippen molar-refractivity contribution in [3.05, 3.63) is 26.2 Å². The van der Waals surface area contributed by atoms with Gasteiger partial charge in [0.15, 0.2) is 0 Å². The Balaban J connectivity index is 2.90. The van der Waals surface area contributed by atoms with Gasteiger partial charge < -0.3 is 4.43 Å². The molecule has 0 aromatic heterocycles. The summed E-state index contributed by atoms with van der Waals surface area (Å²) < 4.78 is 8.14. The van der Waals surface area contributed by atoms with Crippen LogP contribution in [-0.2, 0) is 0 Å². The molecule has 0 fully saturated rings. The first-order valence-corrected chi connectivity index (χ1v) is 9.30. The average Bonchev–Trinajstić information content (AvgIpc) is 1.78. The maximum absolute atomic E-state index is 5.87. The van der Waals surface area contributed by atoms with E-state index in [-0.39, 0.29) is 0 Å². The Kier molecular flexibility index (Phi) is 3.82. The first kappa shape index (κ1) is 11.5. The molecule has 0 aliphatic heterocycles. The molecule has 1 nitrogen and oxygen atoms in total. The minimum Gasteiger partial charge on any atom is -0.544 e. The number of rotatable bonds is 2. The third-order valence-corrected chi connectivity index (χ3v) is 3.19. The van der Waals surface area contributed by atoms with Crippen molar-refractivity contribution in [1.29, 1.82) is 0 Å². The standard InChI is InChI=1S/C9H12BrIOSi/c1-13(2,3)12-9-5-7(10)4-8(11)6-9/h4-6H,1-3H3. The van der Waals surface area contributed by atoms with Crippen molar-refractivity contribution in [2.24, 2.45) is 0 Å². The number of hydrogen-bond donors (Lipinski definition) is 0. The van der Waals surface area contributed by atoms with Crippen LogP contribution >= 0.6 is 38.5 Å². The Morgan fingerprint density at radius 1 is 1.23 bits per heavy atom. The van der Waals surface area contributed by atoms with E-state index in [1.54, 1.807) is 0 Å². The molecule has 0 aliphatic carbocycles. The van der Waals surface area contributed by atoms with E-state index >= 15 is 0 Å². The van der Waals surface area contributed by atoms with E-state index in [1.165, 1.54) is 3.57 Å². The van der Waals surface area contributed by atoms with Gasteiger partial charge in [0, 0.05) is 8.04 Å². The minimum atomic E-state index is -1.47. The van der Waals surface area contributed by atoms with Crippen LogP contribution in [0.4, 0.5) is 0 Å². The van der Waals surface area contributed by atoms with Crippen molar-refractivity contribution in [3.8, 4) is 5.75 Å². The highest BCUT2D eigenvalue weighted by Crippen LogP contribution is 2.24. The van der Waals surface area contributed by atoms with Gasteiger partial charge in [-0.3, -0.25) is 0 Å². The first-order valence-electron chi connectivity index (χ1n) is 4.02. The molecule has 0 unspecified atom stereocenters. The summed E-state index contributed by atoms with van der Waals surface area (Å²) >= 11 is 5.74. The van der Waals surface area contributed by atoms with Gasteiger partial charge in [-0.25, -0.2) is 0 Å². The molecule has 0 atom stereocenters. The van der Waals surface area contributed by atoms with E-state index in [0.29, 0.717) is 0 Å². The molecule has 0 amide bonds. The Bertz CT molecular complexity index is 289. The Morgan fingerprint density at radius 3 is 2.31 bits per heavy atom. The van der Waals surface area contributed by atoms with Gasteiger partial charge in [0.25, 0.3) is 0 Å². The van der Waals surface area contributed by atoms with Gasteiger partial charge in [0.2, 0.25) is 8.32 Å². The minimum absolute atomic E-state index is 0.970. The van der Waals surface area contributed by atoms with Crippen LogP contribution in [0.5, 0.6) is 5.75 Å². The fourth-order valence-corrected chi connectivity index (χ4v) is 3.31. The van der Waals surface area contributed by atoms with Gasteiger partial charge in [-0.15, -0.1) is 0 Å². The molecular weight excluding hydrogens is 359 g/mol. The van der Waals surface area contributed by atoms with Gasteiger partial charge in [0.05, 0.1) is 0 Å². The SMILES string of the molecule is C[Si](C)(C)Oc1cc(Br)cc(I)c1. The van der Waals surface area contributed by atoms with Crippen LogP contribution in [-0.4, -0.2) is 8.32 Å². The number of benzene rings is 1. The monoisotopic (exact) mass is 370 g/mol. The van der Waals surface area contributed by atoms with Crippen LogP contribution in [0.25, 0.3) is 0 Å². The summed E-state index contributed by atoms with van der Waals surface area (Å²) in [5, 5.41) is 0. The van der Waals surface area contributed by atoms with Gasteiger partial charge in [-0.1, -0.05) is 15.9 Å². The van der Waals surface area contributed by atoms with Crippen molar-refractivity contribution in [1.82, 2.24) is 0 Å². The van der Waals surface area contributed by atoms with Crippen LogP contribution in [0.1, 0.15) is 0 Å². The molecule has 0 spiro atoms. The Labute approximate surface area is 102 Å². The molecule has 0 aliphatic rings. The van der Waals surface area contributed by atoms with E-state index in [9.17, 15) is 0 Å². The van der Waals surface area contributed by atoms with Gasteiger partial charge >= 0.3 is 0 Å². The molecule has 0 heterocycles. The van der Waals surface area contributed by atoms with Crippen LogP contribution in [0.15, 0.2) is 22.7 Å². The van der Waals surface area contributed by atoms with Crippen LogP contribution in [0, 0.1) is 3.57 Å². The molecule has 0 bridgehead atoms. The highest BCUT2D eigenvalue weighted by Gasteiger charge is 2.16. The molecule has 0 saturated heterocycles. The number of halogens is 2. The van der Waals surface area contributed by atoms with E-state index in [2.05, 4.69) is 70.3 Å². The molecule has 0 N–H and O–H groups in total. The summed E-state index contributed by atoms with van der Waals surface area (Å²) in [5.74, 6) is 0.970. The summed E-state index contributed by atoms with van der Waals surface area (Å²) in [5.41, 5.74) is 0. The summed E-state index contributed by atoms with van der Waals surface area (Å²) in [4.78, 5) is 0. The quantitative estimate of drug-likeness (QED) is 0.558. The average molecular weight is 371 g/mol. The maximum atomic E-state index is 5.87. The Morgan fingerprint density at radius 2 is 1.85 bits per heavy atom. The molecule has 72 valence electrons. The van der Waals surface area contributed by atoms with Gasteiger partial charge in [-0.2, -0.15) is 0 Å². The molecular formula is C9H12BrIOSi. The van der Waals surface area contributed by atoms with E-state index in [0.717, 1.165) is 10.2 Å². The highest BCUT2D eigenvalue weighted by molar-refractivity contribution is 14.1. The lowest BCUT2D eigenvalue weighted by atomic mass is 10.3. The predicted octanol–water partition coefficient (Wildman–Crippen LogP) is 4.27. The van der Waals surface area contributed by atoms with Crippen LogP contribution < -0.4 is 4.43 Å². The normalized spacial score (nSPS) is 11.5. The highest BCUT2D eigenvalue weighted by atomic mass is 127. The van der Waals surface area contributed by atoms with Crippen molar-refractivity contribution in [2.45, 2.75) is 19.6 Å². The molecule has 0 saturated carbocycles. The van der Waals surface area contributed by atoms with E-state index in [1.807, 2.05) is 6.07 Å². The zero-order valence-corrected chi connectivity index (χ0v) is 12.6. The topological polar surface area (TPSA) is 9.23 Å². The lowest BCUT2D eigenvalue weighted by molar-refractivity contribution is 0.557. The molecule has 1 rings (SSSR count). The summed E-state index contributed by atoms with van der Waals surface area (Å²) in [6.45, 7) is 6.54. The summed E-state index contributed by atoms with van der Waals surface area (Å²) in [6, 6.07) is 6.14. The third-order valence-electron chi connectivity index (χ3n) is 1.26. The second-order valence-electron chi connectivity index (χ2n) is 3.82. The second kappa shape index (κ2) is 4.31. The third kappa shape index (κ3) is 4.46. The fourth-order valence-electron chi connectivity index (χ4n) is 0.941. The lowest BCUT2D eigenvalue weighted by Crippen LogP contribution is -2.29. The zero-order chi connectivity index (χ0) is 10.1. The van der Waals surface area contributed by atoms with Crippen molar-refractivity contribution in [3.63, 3.8) is 0 Å².